The van der Waals surface area contributed by atoms with E-state index in [9.17, 15) is 0 Å². The van der Waals surface area contributed by atoms with Crippen LogP contribution in [-0.4, -0.2) is 25.1 Å². The van der Waals surface area contributed by atoms with Gasteiger partial charge in [-0.2, -0.15) is 0 Å². The van der Waals surface area contributed by atoms with Crippen molar-refractivity contribution < 1.29 is 9.47 Å². The first-order valence-electron chi connectivity index (χ1n) is 7.77. The average Bonchev–Trinajstić information content (AvgIpc) is 2.60. The fraction of sp³-hybridized carbons (Fsp3) is 0.278. The molecule has 3 N–H and O–H groups in total. The first kappa shape index (κ1) is 15.4. The minimum absolute atomic E-state index is 0.321. The fourth-order valence-electron chi connectivity index (χ4n) is 2.44. The molecule has 120 valence electrons. The molecule has 0 bridgehead atoms. The number of aliphatic imine (C=N–C) groups is 1. The molecule has 5 heteroatoms. The lowest BCUT2D eigenvalue weighted by molar-refractivity contribution is 0.274. The van der Waals surface area contributed by atoms with Crippen molar-refractivity contribution in [2.75, 3.05) is 18.5 Å². The van der Waals surface area contributed by atoms with Crippen LogP contribution >= 0.6 is 0 Å². The number of nitrogens with two attached hydrogens (primary N) is 1. The Morgan fingerprint density at radius 3 is 2.57 bits per heavy atom. The van der Waals surface area contributed by atoms with Gasteiger partial charge in [0.05, 0.1) is 19.2 Å². The molecule has 2 aromatic rings. The number of anilines is 1. The number of hydrogen-bond donors (Lipinski definition) is 2. The standard InChI is InChI=1S/C18H21N3O2/c1-2-22-16-9-5-6-10-17(16)23-12-14(19)18-20-11-13-7-3-4-8-15(13)21-18/h3-10,14H,2,11-12,19H2,1H3,(H,20,21). The summed E-state index contributed by atoms with van der Waals surface area (Å²) >= 11 is 0. The number of fused-ring (bicyclic) bond motifs is 1. The Hall–Kier alpha value is -2.53. The Bertz CT molecular complexity index is 700. The Morgan fingerprint density at radius 2 is 1.78 bits per heavy atom. The second-order valence-corrected chi connectivity index (χ2v) is 5.28. The number of para-hydroxylation sites is 3. The molecule has 5 nitrogen and oxygen atoms in total. The second-order valence-electron chi connectivity index (χ2n) is 5.28. The van der Waals surface area contributed by atoms with E-state index in [0.717, 1.165) is 17.3 Å². The van der Waals surface area contributed by atoms with Gasteiger partial charge in [0.25, 0.3) is 0 Å². The third kappa shape index (κ3) is 3.63. The highest BCUT2D eigenvalue weighted by molar-refractivity contribution is 6.01. The van der Waals surface area contributed by atoms with Gasteiger partial charge in [0.2, 0.25) is 0 Å². The fourth-order valence-corrected chi connectivity index (χ4v) is 2.44. The van der Waals surface area contributed by atoms with Crippen molar-refractivity contribution in [2.24, 2.45) is 10.7 Å². The van der Waals surface area contributed by atoms with Crippen LogP contribution in [0.5, 0.6) is 11.5 Å². The van der Waals surface area contributed by atoms with E-state index < -0.39 is 0 Å². The number of ether oxygens (including phenoxy) is 2. The van der Waals surface area contributed by atoms with Gasteiger partial charge in [0.15, 0.2) is 11.5 Å². The van der Waals surface area contributed by atoms with Crippen LogP contribution < -0.4 is 20.5 Å². The maximum Gasteiger partial charge on any atom is 0.161 e. The van der Waals surface area contributed by atoms with Crippen LogP contribution in [0, 0.1) is 0 Å². The van der Waals surface area contributed by atoms with Crippen molar-refractivity contribution in [3.05, 3.63) is 54.1 Å². The Morgan fingerprint density at radius 1 is 1.09 bits per heavy atom. The molecule has 1 unspecified atom stereocenters. The molecule has 1 atom stereocenters. The summed E-state index contributed by atoms with van der Waals surface area (Å²) in [5.41, 5.74) is 8.45. The summed E-state index contributed by atoms with van der Waals surface area (Å²) in [4.78, 5) is 4.51. The Balaban J connectivity index is 1.62. The SMILES string of the molecule is CCOc1ccccc1OCC(N)C1=NCc2ccccc2N1. The largest absolute Gasteiger partial charge is 0.490 e. The molecular weight excluding hydrogens is 290 g/mol. The second kappa shape index (κ2) is 7.15. The summed E-state index contributed by atoms with van der Waals surface area (Å²) in [6.45, 7) is 3.51. The van der Waals surface area contributed by atoms with E-state index in [0.29, 0.717) is 25.5 Å². The smallest absolute Gasteiger partial charge is 0.161 e. The average molecular weight is 311 g/mol. The van der Waals surface area contributed by atoms with Crippen LogP contribution in [0.1, 0.15) is 12.5 Å². The third-order valence-electron chi connectivity index (χ3n) is 3.62. The topological polar surface area (TPSA) is 68.9 Å². The molecule has 0 spiro atoms. The van der Waals surface area contributed by atoms with Crippen molar-refractivity contribution in [1.82, 2.24) is 0 Å². The van der Waals surface area contributed by atoms with Gasteiger partial charge in [0.1, 0.15) is 12.4 Å². The molecular formula is C18H21N3O2. The number of benzene rings is 2. The number of hydrogen-bond acceptors (Lipinski definition) is 5. The zero-order valence-corrected chi connectivity index (χ0v) is 13.2. The number of amidine groups is 1. The highest BCUT2D eigenvalue weighted by atomic mass is 16.5. The van der Waals surface area contributed by atoms with E-state index in [1.165, 1.54) is 5.56 Å². The van der Waals surface area contributed by atoms with Crippen LogP contribution in [-0.2, 0) is 6.54 Å². The minimum Gasteiger partial charge on any atom is -0.490 e. The summed E-state index contributed by atoms with van der Waals surface area (Å²) in [6, 6.07) is 15.4. The lowest BCUT2D eigenvalue weighted by Crippen LogP contribution is -2.42. The summed E-state index contributed by atoms with van der Waals surface area (Å²) in [5.74, 6) is 2.17. The molecule has 23 heavy (non-hydrogen) atoms. The monoisotopic (exact) mass is 311 g/mol. The molecule has 1 heterocycles. The lowest BCUT2D eigenvalue weighted by atomic mass is 10.1. The number of nitrogens with zero attached hydrogens (tertiary/aromatic N) is 1. The van der Waals surface area contributed by atoms with Crippen LogP contribution in [0.4, 0.5) is 5.69 Å². The van der Waals surface area contributed by atoms with Crippen LogP contribution in [0.3, 0.4) is 0 Å². The summed E-state index contributed by atoms with van der Waals surface area (Å²) in [6.07, 6.45) is 0. The van der Waals surface area contributed by atoms with E-state index in [1.54, 1.807) is 0 Å². The molecule has 0 aromatic heterocycles. The van der Waals surface area contributed by atoms with Gasteiger partial charge in [0, 0.05) is 5.69 Å². The third-order valence-corrected chi connectivity index (χ3v) is 3.62. The van der Waals surface area contributed by atoms with Crippen LogP contribution in [0.15, 0.2) is 53.5 Å². The molecule has 2 aromatic carbocycles. The van der Waals surface area contributed by atoms with Crippen molar-refractivity contribution in [3.8, 4) is 11.5 Å². The van der Waals surface area contributed by atoms with Gasteiger partial charge in [-0.25, -0.2) is 0 Å². The molecule has 0 aliphatic carbocycles. The highest BCUT2D eigenvalue weighted by Crippen LogP contribution is 2.26. The predicted octanol–water partition coefficient (Wildman–Crippen LogP) is 2.82. The molecule has 0 saturated carbocycles. The Labute approximate surface area is 136 Å². The van der Waals surface area contributed by atoms with E-state index in [2.05, 4.69) is 16.4 Å². The summed E-state index contributed by atoms with van der Waals surface area (Å²) < 4.78 is 11.4. The summed E-state index contributed by atoms with van der Waals surface area (Å²) in [5, 5.41) is 3.29. The quantitative estimate of drug-likeness (QED) is 0.861. The molecule has 0 radical (unpaired) electrons. The van der Waals surface area contributed by atoms with E-state index >= 15 is 0 Å². The molecule has 1 aliphatic rings. The first-order valence-corrected chi connectivity index (χ1v) is 7.77. The van der Waals surface area contributed by atoms with Crippen molar-refractivity contribution in [2.45, 2.75) is 19.5 Å². The van der Waals surface area contributed by atoms with E-state index in [4.69, 9.17) is 15.2 Å². The van der Waals surface area contributed by atoms with Gasteiger partial charge in [-0.3, -0.25) is 4.99 Å². The first-order chi connectivity index (χ1) is 11.3. The van der Waals surface area contributed by atoms with E-state index in [1.807, 2.05) is 49.4 Å². The van der Waals surface area contributed by atoms with Crippen molar-refractivity contribution in [1.29, 1.82) is 0 Å². The van der Waals surface area contributed by atoms with Crippen LogP contribution in [0.2, 0.25) is 0 Å². The zero-order valence-electron chi connectivity index (χ0n) is 13.2. The normalized spacial score (nSPS) is 14.3. The summed E-state index contributed by atoms with van der Waals surface area (Å²) in [7, 11) is 0. The zero-order chi connectivity index (χ0) is 16.1. The van der Waals surface area contributed by atoms with Crippen molar-refractivity contribution in [3.63, 3.8) is 0 Å². The molecule has 0 fully saturated rings. The van der Waals surface area contributed by atoms with Gasteiger partial charge < -0.3 is 20.5 Å². The number of nitrogens with one attached hydrogen (secondary N) is 1. The van der Waals surface area contributed by atoms with Gasteiger partial charge in [-0.1, -0.05) is 30.3 Å². The predicted molar refractivity (Wildman–Crippen MR) is 92.3 cm³/mol. The van der Waals surface area contributed by atoms with Gasteiger partial charge in [-0.15, -0.1) is 0 Å². The molecule has 3 rings (SSSR count). The van der Waals surface area contributed by atoms with Crippen LogP contribution in [0.25, 0.3) is 0 Å². The highest BCUT2D eigenvalue weighted by Gasteiger charge is 2.18. The maximum absolute atomic E-state index is 6.22. The molecule has 1 aliphatic heterocycles. The van der Waals surface area contributed by atoms with E-state index in [-0.39, 0.29) is 6.04 Å². The minimum atomic E-state index is -0.321. The maximum atomic E-state index is 6.22. The number of rotatable bonds is 6. The van der Waals surface area contributed by atoms with Gasteiger partial charge in [-0.05, 0) is 30.7 Å². The van der Waals surface area contributed by atoms with Gasteiger partial charge >= 0.3 is 0 Å². The van der Waals surface area contributed by atoms with Crippen molar-refractivity contribution >= 4 is 11.5 Å². The molecule has 0 amide bonds. The lowest BCUT2D eigenvalue weighted by Gasteiger charge is -2.23. The Kier molecular flexibility index (Phi) is 4.78. The molecule has 0 saturated heterocycles.